The Labute approximate surface area is 107 Å². The second-order valence-corrected chi connectivity index (χ2v) is 6.75. The number of nitrogens with one attached hydrogen (secondary N) is 2. The molecule has 1 atom stereocenters. The minimum absolute atomic E-state index is 0.0401. The fraction of sp³-hybridized carbons (Fsp3) is 0.636. The first-order chi connectivity index (χ1) is 7.92. The Balaban J connectivity index is 3.09. The molecule has 1 aromatic heterocycles. The normalized spacial score (nSPS) is 13.9. The summed E-state index contributed by atoms with van der Waals surface area (Å²) in [6.45, 7) is 6.25. The zero-order valence-corrected chi connectivity index (χ0v) is 12.3. The van der Waals surface area contributed by atoms with Crippen LogP contribution in [0, 0.1) is 6.92 Å². The summed E-state index contributed by atoms with van der Waals surface area (Å²) in [4.78, 5) is 1.30. The van der Waals surface area contributed by atoms with Crippen LogP contribution < -0.4 is 10.0 Å². The van der Waals surface area contributed by atoms with Gasteiger partial charge in [0.15, 0.2) is 0 Å². The van der Waals surface area contributed by atoms with Crippen LogP contribution in [0.25, 0.3) is 0 Å². The Kier molecular flexibility index (Phi) is 5.12. The highest BCUT2D eigenvalue weighted by atomic mass is 32.2. The monoisotopic (exact) mass is 276 g/mol. The van der Waals surface area contributed by atoms with Gasteiger partial charge < -0.3 is 5.32 Å². The lowest BCUT2D eigenvalue weighted by molar-refractivity contribution is 0.554. The van der Waals surface area contributed by atoms with Crippen LogP contribution in [0.5, 0.6) is 0 Å². The van der Waals surface area contributed by atoms with Gasteiger partial charge in [-0.3, -0.25) is 0 Å². The summed E-state index contributed by atoms with van der Waals surface area (Å²) in [6, 6.07) is -0.0401. The van der Waals surface area contributed by atoms with Crippen molar-refractivity contribution in [2.75, 3.05) is 7.05 Å². The van der Waals surface area contributed by atoms with Gasteiger partial charge in [0.05, 0.1) is 0 Å². The molecule has 98 valence electrons. The lowest BCUT2D eigenvalue weighted by Crippen LogP contribution is -2.32. The van der Waals surface area contributed by atoms with Crippen molar-refractivity contribution in [1.29, 1.82) is 0 Å². The van der Waals surface area contributed by atoms with Gasteiger partial charge in [-0.05, 0) is 38.3 Å². The zero-order valence-electron chi connectivity index (χ0n) is 10.7. The number of rotatable bonds is 6. The van der Waals surface area contributed by atoms with Crippen LogP contribution in [0.4, 0.5) is 0 Å². The molecule has 17 heavy (non-hydrogen) atoms. The minimum atomic E-state index is -3.39. The molecule has 1 rings (SSSR count). The van der Waals surface area contributed by atoms with Crippen molar-refractivity contribution in [2.24, 2.45) is 0 Å². The van der Waals surface area contributed by atoms with Gasteiger partial charge in [0.25, 0.3) is 0 Å². The second kappa shape index (κ2) is 5.95. The van der Waals surface area contributed by atoms with Crippen LogP contribution in [-0.2, 0) is 16.6 Å². The third kappa shape index (κ3) is 3.51. The average molecular weight is 276 g/mol. The maximum atomic E-state index is 12.2. The zero-order chi connectivity index (χ0) is 13.1. The van der Waals surface area contributed by atoms with Crippen LogP contribution in [0.3, 0.4) is 0 Å². The Morgan fingerprint density at radius 2 is 2.12 bits per heavy atom. The molecular weight excluding hydrogens is 256 g/mol. The highest BCUT2D eigenvalue weighted by Crippen LogP contribution is 2.26. The van der Waals surface area contributed by atoms with Crippen LogP contribution in [0.1, 0.15) is 30.7 Å². The van der Waals surface area contributed by atoms with E-state index in [2.05, 4.69) is 10.0 Å². The predicted molar refractivity (Wildman–Crippen MR) is 71.9 cm³/mol. The van der Waals surface area contributed by atoms with Crippen molar-refractivity contribution in [1.82, 2.24) is 10.0 Å². The quantitative estimate of drug-likeness (QED) is 0.833. The first-order valence-corrected chi connectivity index (χ1v) is 8.02. The van der Waals surface area contributed by atoms with E-state index in [9.17, 15) is 8.42 Å². The van der Waals surface area contributed by atoms with Gasteiger partial charge in [0.1, 0.15) is 4.90 Å². The molecule has 1 unspecified atom stereocenters. The van der Waals surface area contributed by atoms with E-state index in [1.807, 2.05) is 33.2 Å². The van der Waals surface area contributed by atoms with E-state index in [0.717, 1.165) is 16.9 Å². The fourth-order valence-electron chi connectivity index (χ4n) is 1.54. The molecule has 0 saturated heterocycles. The molecule has 2 N–H and O–H groups in total. The molecule has 0 amide bonds. The molecule has 0 bridgehead atoms. The van der Waals surface area contributed by atoms with Crippen molar-refractivity contribution in [3.63, 3.8) is 0 Å². The van der Waals surface area contributed by atoms with Gasteiger partial charge in [0.2, 0.25) is 10.0 Å². The van der Waals surface area contributed by atoms with Crippen LogP contribution in [0.2, 0.25) is 0 Å². The SMILES string of the molecule is CCC(C)NS(=O)(=O)c1c(C)csc1CNC. The Hall–Kier alpha value is -0.430. The van der Waals surface area contributed by atoms with Gasteiger partial charge in [-0.2, -0.15) is 0 Å². The van der Waals surface area contributed by atoms with Crippen LogP contribution in [0.15, 0.2) is 10.3 Å². The van der Waals surface area contributed by atoms with E-state index in [0.29, 0.717) is 11.4 Å². The largest absolute Gasteiger partial charge is 0.315 e. The molecule has 0 fully saturated rings. The van der Waals surface area contributed by atoms with Gasteiger partial charge in [0, 0.05) is 17.5 Å². The summed E-state index contributed by atoms with van der Waals surface area (Å²) < 4.78 is 27.2. The highest BCUT2D eigenvalue weighted by Gasteiger charge is 2.23. The van der Waals surface area contributed by atoms with Crippen molar-refractivity contribution >= 4 is 21.4 Å². The van der Waals surface area contributed by atoms with E-state index in [-0.39, 0.29) is 6.04 Å². The van der Waals surface area contributed by atoms with Gasteiger partial charge in [-0.15, -0.1) is 11.3 Å². The van der Waals surface area contributed by atoms with E-state index in [1.54, 1.807) is 0 Å². The van der Waals surface area contributed by atoms with Crippen molar-refractivity contribution < 1.29 is 8.42 Å². The average Bonchev–Trinajstić information content (AvgIpc) is 2.60. The van der Waals surface area contributed by atoms with Gasteiger partial charge >= 0.3 is 0 Å². The Bertz CT molecular complexity index is 466. The topological polar surface area (TPSA) is 58.2 Å². The lowest BCUT2D eigenvalue weighted by atomic mass is 10.3. The molecule has 0 spiro atoms. The van der Waals surface area contributed by atoms with Crippen molar-refractivity contribution in [3.8, 4) is 0 Å². The smallest absolute Gasteiger partial charge is 0.242 e. The van der Waals surface area contributed by atoms with Crippen molar-refractivity contribution in [2.45, 2.75) is 44.7 Å². The molecule has 0 aliphatic carbocycles. The number of hydrogen-bond acceptors (Lipinski definition) is 4. The summed E-state index contributed by atoms with van der Waals surface area (Å²) in [5.74, 6) is 0. The predicted octanol–water partition coefficient (Wildman–Crippen LogP) is 1.85. The van der Waals surface area contributed by atoms with Crippen LogP contribution >= 0.6 is 11.3 Å². The molecule has 0 aliphatic heterocycles. The Morgan fingerprint density at radius 3 is 2.65 bits per heavy atom. The number of sulfonamides is 1. The summed E-state index contributed by atoms with van der Waals surface area (Å²) >= 11 is 1.48. The number of hydrogen-bond donors (Lipinski definition) is 2. The maximum absolute atomic E-state index is 12.2. The third-order valence-corrected chi connectivity index (χ3v) is 5.62. The third-order valence-electron chi connectivity index (χ3n) is 2.56. The lowest BCUT2D eigenvalue weighted by Gasteiger charge is -2.13. The Morgan fingerprint density at radius 1 is 1.47 bits per heavy atom. The summed E-state index contributed by atoms with van der Waals surface area (Å²) in [7, 11) is -1.58. The van der Waals surface area contributed by atoms with Crippen molar-refractivity contribution in [3.05, 3.63) is 15.8 Å². The second-order valence-electron chi connectivity index (χ2n) is 4.13. The van der Waals surface area contributed by atoms with Crippen LogP contribution in [-0.4, -0.2) is 21.5 Å². The first kappa shape index (κ1) is 14.6. The molecule has 0 radical (unpaired) electrons. The van der Waals surface area contributed by atoms with E-state index < -0.39 is 10.0 Å². The number of thiophene rings is 1. The van der Waals surface area contributed by atoms with E-state index in [4.69, 9.17) is 0 Å². The van der Waals surface area contributed by atoms with E-state index >= 15 is 0 Å². The summed E-state index contributed by atoms with van der Waals surface area (Å²) in [6.07, 6.45) is 0.782. The fourth-order valence-corrected chi connectivity index (χ4v) is 4.69. The highest BCUT2D eigenvalue weighted by molar-refractivity contribution is 7.89. The standard InChI is InChI=1S/C11H20N2O2S2/c1-5-9(3)13-17(14,15)11-8(2)7-16-10(11)6-12-4/h7,9,12-13H,5-6H2,1-4H3. The maximum Gasteiger partial charge on any atom is 0.242 e. The molecule has 0 saturated carbocycles. The van der Waals surface area contributed by atoms with Gasteiger partial charge in [-0.25, -0.2) is 13.1 Å². The molecule has 0 aromatic carbocycles. The molecule has 6 heteroatoms. The summed E-state index contributed by atoms with van der Waals surface area (Å²) in [5.41, 5.74) is 0.816. The molecule has 1 aromatic rings. The van der Waals surface area contributed by atoms with Gasteiger partial charge in [-0.1, -0.05) is 6.92 Å². The molecule has 0 aliphatic rings. The molecular formula is C11H20N2O2S2. The molecule has 1 heterocycles. The number of aryl methyl sites for hydroxylation is 1. The summed E-state index contributed by atoms with van der Waals surface area (Å²) in [5, 5.41) is 4.88. The first-order valence-electron chi connectivity index (χ1n) is 5.66. The minimum Gasteiger partial charge on any atom is -0.315 e. The van der Waals surface area contributed by atoms with E-state index in [1.165, 1.54) is 11.3 Å². The molecule has 4 nitrogen and oxygen atoms in total.